The van der Waals surface area contributed by atoms with Crippen molar-refractivity contribution in [2.45, 2.75) is 0 Å². The zero-order valence-corrected chi connectivity index (χ0v) is 7.75. The molecule has 5 nitrogen and oxygen atoms in total. The molecule has 0 amide bonds. The standard InChI is InChI=1S/C10H7N5/c11-5-9-14-6-7(12)10(15-9)8-3-1-2-4-13-8/h1-4,6H,12H2. The van der Waals surface area contributed by atoms with Crippen LogP contribution in [0.1, 0.15) is 5.82 Å². The fraction of sp³-hybridized carbons (Fsp3) is 0. The predicted molar refractivity (Wildman–Crippen MR) is 54.4 cm³/mol. The van der Waals surface area contributed by atoms with Crippen molar-refractivity contribution >= 4 is 5.69 Å². The Morgan fingerprint density at radius 2 is 2.13 bits per heavy atom. The van der Waals surface area contributed by atoms with Crippen molar-refractivity contribution in [2.24, 2.45) is 0 Å². The van der Waals surface area contributed by atoms with Crippen molar-refractivity contribution in [1.82, 2.24) is 15.0 Å². The van der Waals surface area contributed by atoms with Crippen molar-refractivity contribution in [3.63, 3.8) is 0 Å². The van der Waals surface area contributed by atoms with Crippen LogP contribution in [0, 0.1) is 11.3 Å². The number of nitrogens with zero attached hydrogens (tertiary/aromatic N) is 4. The van der Waals surface area contributed by atoms with E-state index in [4.69, 9.17) is 11.0 Å². The zero-order valence-electron chi connectivity index (χ0n) is 7.75. The van der Waals surface area contributed by atoms with Gasteiger partial charge in [-0.05, 0) is 12.1 Å². The number of rotatable bonds is 1. The van der Waals surface area contributed by atoms with Crippen LogP contribution in [0.3, 0.4) is 0 Å². The fourth-order valence-electron chi connectivity index (χ4n) is 1.15. The molecular formula is C10H7N5. The fourth-order valence-corrected chi connectivity index (χ4v) is 1.15. The Labute approximate surface area is 86.2 Å². The van der Waals surface area contributed by atoms with E-state index >= 15 is 0 Å². The molecule has 0 aliphatic rings. The summed E-state index contributed by atoms with van der Waals surface area (Å²) in [7, 11) is 0. The van der Waals surface area contributed by atoms with Crippen molar-refractivity contribution in [3.8, 4) is 17.5 Å². The maximum Gasteiger partial charge on any atom is 0.232 e. The first-order valence-electron chi connectivity index (χ1n) is 4.25. The first kappa shape index (κ1) is 9.09. The summed E-state index contributed by atoms with van der Waals surface area (Å²) in [4.78, 5) is 11.9. The lowest BCUT2D eigenvalue weighted by Gasteiger charge is -2.02. The predicted octanol–water partition coefficient (Wildman–Crippen LogP) is 0.992. The van der Waals surface area contributed by atoms with Crippen molar-refractivity contribution in [1.29, 1.82) is 5.26 Å². The van der Waals surface area contributed by atoms with Gasteiger partial charge in [0.2, 0.25) is 5.82 Å². The van der Waals surface area contributed by atoms with E-state index in [-0.39, 0.29) is 5.82 Å². The molecule has 72 valence electrons. The minimum Gasteiger partial charge on any atom is -0.396 e. The lowest BCUT2D eigenvalue weighted by Crippen LogP contribution is -1.99. The molecule has 0 aliphatic heterocycles. The number of hydrogen-bond acceptors (Lipinski definition) is 5. The van der Waals surface area contributed by atoms with Gasteiger partial charge in [-0.3, -0.25) is 4.98 Å². The molecule has 0 aromatic carbocycles. The minimum atomic E-state index is 0.0878. The molecule has 0 bridgehead atoms. The molecule has 2 aromatic rings. The average Bonchev–Trinajstić information content (AvgIpc) is 2.31. The van der Waals surface area contributed by atoms with Crippen molar-refractivity contribution in [3.05, 3.63) is 36.4 Å². The third-order valence-electron chi connectivity index (χ3n) is 1.82. The van der Waals surface area contributed by atoms with Gasteiger partial charge in [0.15, 0.2) is 0 Å². The molecule has 0 spiro atoms. The van der Waals surface area contributed by atoms with Gasteiger partial charge in [-0.15, -0.1) is 0 Å². The van der Waals surface area contributed by atoms with Crippen LogP contribution in [0.5, 0.6) is 0 Å². The number of pyridine rings is 1. The summed E-state index contributed by atoms with van der Waals surface area (Å²) >= 11 is 0. The Morgan fingerprint density at radius 1 is 1.27 bits per heavy atom. The number of hydrogen-bond donors (Lipinski definition) is 1. The number of anilines is 1. The summed E-state index contributed by atoms with van der Waals surface area (Å²) in [5, 5.41) is 8.66. The summed E-state index contributed by atoms with van der Waals surface area (Å²) in [6.07, 6.45) is 3.05. The van der Waals surface area contributed by atoms with Gasteiger partial charge < -0.3 is 5.73 Å². The van der Waals surface area contributed by atoms with Crippen LogP contribution in [-0.2, 0) is 0 Å². The molecule has 2 N–H and O–H groups in total. The third kappa shape index (κ3) is 1.74. The Bertz CT molecular complexity index is 515. The van der Waals surface area contributed by atoms with Crippen molar-refractivity contribution in [2.75, 3.05) is 5.73 Å². The second kappa shape index (κ2) is 3.72. The van der Waals surface area contributed by atoms with E-state index in [1.807, 2.05) is 12.1 Å². The Morgan fingerprint density at radius 3 is 2.80 bits per heavy atom. The maximum atomic E-state index is 8.66. The van der Waals surface area contributed by atoms with E-state index in [9.17, 15) is 0 Å². The van der Waals surface area contributed by atoms with E-state index in [0.717, 1.165) is 0 Å². The Kier molecular flexibility index (Phi) is 2.25. The first-order chi connectivity index (χ1) is 7.31. The first-order valence-corrected chi connectivity index (χ1v) is 4.25. The van der Waals surface area contributed by atoms with Gasteiger partial charge in [0.1, 0.15) is 11.8 Å². The molecular weight excluding hydrogens is 190 g/mol. The maximum absolute atomic E-state index is 8.66. The molecule has 5 heteroatoms. The highest BCUT2D eigenvalue weighted by Crippen LogP contribution is 2.19. The van der Waals surface area contributed by atoms with Gasteiger partial charge in [0.05, 0.1) is 17.6 Å². The Hall–Kier alpha value is -2.48. The topological polar surface area (TPSA) is 88.5 Å². The molecule has 2 aromatic heterocycles. The van der Waals surface area contributed by atoms with E-state index in [1.165, 1.54) is 6.20 Å². The van der Waals surface area contributed by atoms with Crippen LogP contribution in [0.15, 0.2) is 30.6 Å². The lowest BCUT2D eigenvalue weighted by atomic mass is 10.2. The summed E-state index contributed by atoms with van der Waals surface area (Å²) in [6.45, 7) is 0. The summed E-state index contributed by atoms with van der Waals surface area (Å²) in [5.41, 5.74) is 7.23. The number of nitrogen functional groups attached to an aromatic ring is 1. The van der Waals surface area contributed by atoms with Crippen LogP contribution in [0.2, 0.25) is 0 Å². The Balaban J connectivity index is 2.58. The second-order valence-electron chi connectivity index (χ2n) is 2.82. The molecule has 0 fully saturated rings. The van der Waals surface area contributed by atoms with Gasteiger partial charge >= 0.3 is 0 Å². The molecule has 0 unspecified atom stereocenters. The van der Waals surface area contributed by atoms with Crippen LogP contribution in [0.4, 0.5) is 5.69 Å². The summed E-state index contributed by atoms with van der Waals surface area (Å²) in [6, 6.07) is 7.26. The zero-order chi connectivity index (χ0) is 10.7. The molecule has 15 heavy (non-hydrogen) atoms. The van der Waals surface area contributed by atoms with E-state index in [0.29, 0.717) is 17.1 Å². The van der Waals surface area contributed by atoms with Crippen LogP contribution < -0.4 is 5.73 Å². The molecule has 0 saturated heterocycles. The second-order valence-corrected chi connectivity index (χ2v) is 2.82. The average molecular weight is 197 g/mol. The van der Waals surface area contributed by atoms with E-state index in [1.54, 1.807) is 18.3 Å². The van der Waals surface area contributed by atoms with Gasteiger partial charge in [-0.1, -0.05) is 6.07 Å². The molecule has 2 rings (SSSR count). The highest BCUT2D eigenvalue weighted by molar-refractivity contribution is 5.68. The van der Waals surface area contributed by atoms with Gasteiger partial charge in [0.25, 0.3) is 0 Å². The lowest BCUT2D eigenvalue weighted by molar-refractivity contribution is 1.11. The molecule has 0 atom stereocenters. The molecule has 2 heterocycles. The van der Waals surface area contributed by atoms with Crippen LogP contribution >= 0.6 is 0 Å². The smallest absolute Gasteiger partial charge is 0.232 e. The largest absolute Gasteiger partial charge is 0.396 e. The molecule has 0 aliphatic carbocycles. The highest BCUT2D eigenvalue weighted by atomic mass is 14.9. The third-order valence-corrected chi connectivity index (χ3v) is 1.82. The number of aromatic nitrogens is 3. The highest BCUT2D eigenvalue weighted by Gasteiger charge is 2.07. The number of nitriles is 1. The summed E-state index contributed by atoms with van der Waals surface area (Å²) in [5.74, 6) is 0.0878. The van der Waals surface area contributed by atoms with Gasteiger partial charge in [-0.2, -0.15) is 5.26 Å². The quantitative estimate of drug-likeness (QED) is 0.736. The normalized spacial score (nSPS) is 9.53. The number of nitrogens with two attached hydrogens (primary N) is 1. The molecule has 0 radical (unpaired) electrons. The van der Waals surface area contributed by atoms with Gasteiger partial charge in [-0.25, -0.2) is 9.97 Å². The van der Waals surface area contributed by atoms with Crippen LogP contribution in [0.25, 0.3) is 11.4 Å². The van der Waals surface area contributed by atoms with Crippen LogP contribution in [-0.4, -0.2) is 15.0 Å². The van der Waals surface area contributed by atoms with E-state index < -0.39 is 0 Å². The molecule has 0 saturated carbocycles. The summed E-state index contributed by atoms with van der Waals surface area (Å²) < 4.78 is 0. The van der Waals surface area contributed by atoms with Gasteiger partial charge in [0, 0.05) is 6.20 Å². The SMILES string of the molecule is N#Cc1ncc(N)c(-c2ccccn2)n1. The minimum absolute atomic E-state index is 0.0878. The monoisotopic (exact) mass is 197 g/mol. The van der Waals surface area contributed by atoms with E-state index in [2.05, 4.69) is 15.0 Å². The van der Waals surface area contributed by atoms with Crippen molar-refractivity contribution < 1.29 is 0 Å².